The van der Waals surface area contributed by atoms with Crippen molar-refractivity contribution in [3.63, 3.8) is 0 Å². The molecule has 2 aromatic heterocycles. The van der Waals surface area contributed by atoms with Crippen molar-refractivity contribution in [3.05, 3.63) is 22.6 Å². The van der Waals surface area contributed by atoms with Gasteiger partial charge in [0.05, 0.1) is 19.8 Å². The van der Waals surface area contributed by atoms with E-state index >= 15 is 0 Å². The molecule has 0 aromatic carbocycles. The van der Waals surface area contributed by atoms with E-state index in [0.717, 1.165) is 61.2 Å². The first-order valence-corrected chi connectivity index (χ1v) is 10.3. The zero-order valence-electron chi connectivity index (χ0n) is 14.5. The number of piperazine rings is 1. The van der Waals surface area contributed by atoms with Crippen molar-refractivity contribution in [1.29, 1.82) is 0 Å². The van der Waals surface area contributed by atoms with Crippen molar-refractivity contribution in [1.82, 2.24) is 24.8 Å². The quantitative estimate of drug-likeness (QED) is 0.740. The fourth-order valence-electron chi connectivity index (χ4n) is 3.91. The van der Waals surface area contributed by atoms with Crippen LogP contribution in [0.1, 0.15) is 11.4 Å². The average Bonchev–Trinajstić information content (AvgIpc) is 3.27. The Kier molecular flexibility index (Phi) is 4.44. The molecule has 0 radical (unpaired) electrons. The van der Waals surface area contributed by atoms with Gasteiger partial charge in [-0.25, -0.2) is 4.98 Å². The van der Waals surface area contributed by atoms with Crippen LogP contribution in [0.15, 0.2) is 12.3 Å². The van der Waals surface area contributed by atoms with Crippen LogP contribution in [0.4, 0.5) is 5.82 Å². The molecule has 0 N–H and O–H groups in total. The number of thiazole rings is 1. The van der Waals surface area contributed by atoms with Gasteiger partial charge in [-0.15, -0.1) is 11.3 Å². The van der Waals surface area contributed by atoms with Crippen molar-refractivity contribution >= 4 is 39.1 Å². The largest absolute Gasteiger partial charge is 0.378 e. The van der Waals surface area contributed by atoms with Gasteiger partial charge in [0.1, 0.15) is 9.71 Å². The van der Waals surface area contributed by atoms with Gasteiger partial charge in [-0.3, -0.25) is 4.90 Å². The Morgan fingerprint density at radius 1 is 1.15 bits per heavy atom. The van der Waals surface area contributed by atoms with Crippen LogP contribution in [0.2, 0.25) is 5.28 Å². The van der Waals surface area contributed by atoms with E-state index in [1.54, 1.807) is 11.3 Å². The highest BCUT2D eigenvalue weighted by molar-refractivity contribution is 7.19. The molecule has 2 fully saturated rings. The highest BCUT2D eigenvalue weighted by Crippen LogP contribution is 2.32. The Balaban J connectivity index is 1.39. The number of fused-ring (bicyclic) bond motifs is 2. The first-order chi connectivity index (χ1) is 12.8. The van der Waals surface area contributed by atoms with Crippen LogP contribution in [0.3, 0.4) is 0 Å². The van der Waals surface area contributed by atoms with Gasteiger partial charge in [0, 0.05) is 38.8 Å². The molecule has 0 bridgehead atoms. The second-order valence-corrected chi connectivity index (χ2v) is 8.34. The molecule has 5 heterocycles. The van der Waals surface area contributed by atoms with E-state index in [1.807, 2.05) is 0 Å². The lowest BCUT2D eigenvalue weighted by atomic mass is 10.1. The number of hydrogen-bond donors (Lipinski definition) is 0. The molecule has 0 spiro atoms. The molecule has 2 saturated heterocycles. The minimum atomic E-state index is 0.265. The van der Waals surface area contributed by atoms with Gasteiger partial charge in [0.15, 0.2) is 11.5 Å². The molecule has 9 heteroatoms. The summed E-state index contributed by atoms with van der Waals surface area (Å²) < 4.78 is 6.49. The standard InChI is InChI=1S/C17H21ClN6OS/c18-17-20-15-14(16(21-17)24-6-8-25-9-7-24)26-13(19-15)11-22-4-5-23-3-1-2-12(23)10-22/h1,3,12H,2,4-11H2/t12-/m0/s1. The average molecular weight is 393 g/mol. The molecular formula is C17H21ClN6OS. The maximum absolute atomic E-state index is 6.17. The summed E-state index contributed by atoms with van der Waals surface area (Å²) in [5.74, 6) is 0.900. The molecule has 7 nitrogen and oxygen atoms in total. The zero-order valence-corrected chi connectivity index (χ0v) is 16.0. The molecule has 0 aliphatic carbocycles. The Bertz CT molecular complexity index is 836. The number of hydrogen-bond acceptors (Lipinski definition) is 8. The van der Waals surface area contributed by atoms with Gasteiger partial charge in [-0.1, -0.05) is 6.08 Å². The van der Waals surface area contributed by atoms with Crippen LogP contribution in [0.5, 0.6) is 0 Å². The van der Waals surface area contributed by atoms with Crippen molar-refractivity contribution in [3.8, 4) is 0 Å². The number of nitrogens with zero attached hydrogens (tertiary/aromatic N) is 6. The Hall–Kier alpha value is -1.48. The number of morpholine rings is 1. The maximum Gasteiger partial charge on any atom is 0.226 e. The molecule has 0 amide bonds. The van der Waals surface area contributed by atoms with E-state index in [9.17, 15) is 0 Å². The fraction of sp³-hybridized carbons (Fsp3) is 0.588. The van der Waals surface area contributed by atoms with Crippen molar-refractivity contribution in [2.24, 2.45) is 0 Å². The monoisotopic (exact) mass is 392 g/mol. The minimum Gasteiger partial charge on any atom is -0.378 e. The SMILES string of the molecule is Clc1nc(N2CCOCC2)c2sc(CN3CCN4C=CC[C@H]4C3)nc2n1. The van der Waals surface area contributed by atoms with E-state index in [4.69, 9.17) is 21.3 Å². The van der Waals surface area contributed by atoms with Crippen LogP contribution >= 0.6 is 22.9 Å². The van der Waals surface area contributed by atoms with Gasteiger partial charge in [0.2, 0.25) is 5.28 Å². The summed E-state index contributed by atoms with van der Waals surface area (Å²) in [4.78, 5) is 20.8. The van der Waals surface area contributed by atoms with Crippen molar-refractivity contribution in [2.45, 2.75) is 19.0 Å². The molecule has 26 heavy (non-hydrogen) atoms. The van der Waals surface area contributed by atoms with E-state index < -0.39 is 0 Å². The van der Waals surface area contributed by atoms with Crippen LogP contribution in [-0.4, -0.2) is 76.7 Å². The highest BCUT2D eigenvalue weighted by Gasteiger charge is 2.28. The first kappa shape index (κ1) is 16.7. The summed E-state index contributed by atoms with van der Waals surface area (Å²) >= 11 is 7.86. The van der Waals surface area contributed by atoms with Crippen molar-refractivity contribution in [2.75, 3.05) is 50.8 Å². The normalized spacial score (nSPS) is 23.8. The zero-order chi connectivity index (χ0) is 17.5. The molecule has 3 aliphatic heterocycles. The molecule has 1 atom stereocenters. The van der Waals surface area contributed by atoms with E-state index in [1.165, 1.54) is 0 Å². The predicted molar refractivity (Wildman–Crippen MR) is 103 cm³/mol. The summed E-state index contributed by atoms with van der Waals surface area (Å²) in [6.45, 7) is 7.20. The summed E-state index contributed by atoms with van der Waals surface area (Å²) in [7, 11) is 0. The topological polar surface area (TPSA) is 57.6 Å². The Morgan fingerprint density at radius 3 is 2.92 bits per heavy atom. The molecule has 2 aromatic rings. The molecular weight excluding hydrogens is 372 g/mol. The van der Waals surface area contributed by atoms with Crippen LogP contribution < -0.4 is 4.90 Å². The lowest BCUT2D eigenvalue weighted by molar-refractivity contribution is 0.117. The molecule has 3 aliphatic rings. The summed E-state index contributed by atoms with van der Waals surface area (Å²) in [5, 5.41) is 1.35. The third kappa shape index (κ3) is 3.15. The van der Waals surface area contributed by atoms with Crippen LogP contribution in [-0.2, 0) is 11.3 Å². The molecule has 0 unspecified atom stereocenters. The fourth-order valence-corrected chi connectivity index (χ4v) is 5.14. The summed E-state index contributed by atoms with van der Waals surface area (Å²) in [6, 6.07) is 0.622. The van der Waals surface area contributed by atoms with E-state index in [0.29, 0.717) is 24.9 Å². The van der Waals surface area contributed by atoms with E-state index in [-0.39, 0.29) is 5.28 Å². The van der Waals surface area contributed by atoms with Gasteiger partial charge in [0.25, 0.3) is 0 Å². The Labute approximate surface area is 161 Å². The van der Waals surface area contributed by atoms with Gasteiger partial charge >= 0.3 is 0 Å². The molecule has 0 saturated carbocycles. The smallest absolute Gasteiger partial charge is 0.226 e. The number of ether oxygens (including phenoxy) is 1. The number of aromatic nitrogens is 3. The highest BCUT2D eigenvalue weighted by atomic mass is 35.5. The third-order valence-corrected chi connectivity index (χ3v) is 6.43. The van der Waals surface area contributed by atoms with Gasteiger partial charge in [-0.2, -0.15) is 9.97 Å². The second-order valence-electron chi connectivity index (χ2n) is 6.92. The lowest BCUT2D eigenvalue weighted by Gasteiger charge is -2.37. The van der Waals surface area contributed by atoms with Crippen LogP contribution in [0.25, 0.3) is 10.3 Å². The van der Waals surface area contributed by atoms with Gasteiger partial charge in [-0.05, 0) is 24.2 Å². The second kappa shape index (κ2) is 6.92. The maximum atomic E-state index is 6.17. The Morgan fingerprint density at radius 2 is 2.04 bits per heavy atom. The summed E-state index contributed by atoms with van der Waals surface area (Å²) in [6.07, 6.45) is 5.67. The van der Waals surface area contributed by atoms with Gasteiger partial charge < -0.3 is 14.5 Å². The number of halogens is 1. The van der Waals surface area contributed by atoms with Crippen molar-refractivity contribution < 1.29 is 4.74 Å². The summed E-state index contributed by atoms with van der Waals surface area (Å²) in [5.41, 5.74) is 0.715. The predicted octanol–water partition coefficient (Wildman–Crippen LogP) is 1.98. The molecule has 5 rings (SSSR count). The molecule has 138 valence electrons. The van der Waals surface area contributed by atoms with Crippen LogP contribution in [0, 0.1) is 0 Å². The number of anilines is 1. The third-order valence-electron chi connectivity index (χ3n) is 5.24. The lowest BCUT2D eigenvalue weighted by Crippen LogP contribution is -2.48. The minimum absolute atomic E-state index is 0.265. The number of rotatable bonds is 3. The first-order valence-electron chi connectivity index (χ1n) is 9.07. The van der Waals surface area contributed by atoms with E-state index in [2.05, 4.69) is 36.9 Å².